The fourth-order valence-electron chi connectivity index (χ4n) is 3.02. The van der Waals surface area contributed by atoms with Crippen LogP contribution in [0.5, 0.6) is 0 Å². The Labute approximate surface area is 156 Å². The van der Waals surface area contributed by atoms with Crippen molar-refractivity contribution < 1.29 is 9.59 Å². The maximum Gasteiger partial charge on any atom is 0.243 e. The van der Waals surface area contributed by atoms with Crippen molar-refractivity contribution in [2.75, 3.05) is 5.32 Å². The zero-order valence-corrected chi connectivity index (χ0v) is 15.3. The third-order valence-corrected chi connectivity index (χ3v) is 4.56. The molecular formula is C17H21ClN6O2. The molecule has 2 N–H and O–H groups in total. The van der Waals surface area contributed by atoms with Crippen molar-refractivity contribution in [2.45, 2.75) is 51.6 Å². The van der Waals surface area contributed by atoms with Crippen LogP contribution in [0.1, 0.15) is 39.0 Å². The third-order valence-electron chi connectivity index (χ3n) is 4.25. The van der Waals surface area contributed by atoms with Crippen LogP contribution >= 0.6 is 11.6 Å². The van der Waals surface area contributed by atoms with Gasteiger partial charge in [0.2, 0.25) is 17.6 Å². The van der Waals surface area contributed by atoms with Gasteiger partial charge < -0.3 is 10.6 Å². The number of hydrogen-bond acceptors (Lipinski definition) is 5. The summed E-state index contributed by atoms with van der Waals surface area (Å²) in [5, 5.41) is 18.2. The number of halogens is 1. The van der Waals surface area contributed by atoms with E-state index in [0.717, 1.165) is 25.7 Å². The Morgan fingerprint density at radius 3 is 2.73 bits per heavy atom. The molecule has 1 saturated carbocycles. The number of carbonyl (C=O) groups excluding carboxylic acids is 2. The summed E-state index contributed by atoms with van der Waals surface area (Å²) in [5.41, 5.74) is 1.17. The van der Waals surface area contributed by atoms with E-state index < -0.39 is 0 Å². The number of nitrogens with one attached hydrogen (secondary N) is 2. The highest BCUT2D eigenvalue weighted by molar-refractivity contribution is 6.34. The molecule has 9 heteroatoms. The van der Waals surface area contributed by atoms with E-state index in [1.54, 1.807) is 18.2 Å². The highest BCUT2D eigenvalue weighted by Crippen LogP contribution is 2.26. The van der Waals surface area contributed by atoms with Crippen LogP contribution in [-0.4, -0.2) is 38.1 Å². The molecule has 8 nitrogen and oxygen atoms in total. The lowest BCUT2D eigenvalue weighted by Crippen LogP contribution is -2.38. The first-order valence-corrected chi connectivity index (χ1v) is 9.04. The van der Waals surface area contributed by atoms with Crippen LogP contribution in [0.2, 0.25) is 5.02 Å². The van der Waals surface area contributed by atoms with Crippen molar-refractivity contribution >= 4 is 29.1 Å². The number of aromatic nitrogens is 4. The second-order valence-corrected chi connectivity index (χ2v) is 6.83. The summed E-state index contributed by atoms with van der Waals surface area (Å²) in [7, 11) is 0. The SMILES string of the molecule is CC(=O)Nc1ccc(-c2nnn(CC(=O)NC3CCCCC3)n2)cc1Cl. The Morgan fingerprint density at radius 1 is 1.27 bits per heavy atom. The molecule has 26 heavy (non-hydrogen) atoms. The fourth-order valence-corrected chi connectivity index (χ4v) is 3.25. The lowest BCUT2D eigenvalue weighted by atomic mass is 9.95. The number of amides is 2. The lowest BCUT2D eigenvalue weighted by molar-refractivity contribution is -0.123. The molecule has 0 spiro atoms. The van der Waals surface area contributed by atoms with Crippen molar-refractivity contribution in [1.29, 1.82) is 0 Å². The van der Waals surface area contributed by atoms with Crippen molar-refractivity contribution in [3.8, 4) is 11.4 Å². The Morgan fingerprint density at radius 2 is 2.04 bits per heavy atom. The van der Waals surface area contributed by atoms with Crippen LogP contribution in [0.25, 0.3) is 11.4 Å². The Hall–Kier alpha value is -2.48. The molecule has 1 heterocycles. The Bertz CT molecular complexity index is 800. The van der Waals surface area contributed by atoms with Gasteiger partial charge in [0.25, 0.3) is 0 Å². The molecule has 1 fully saturated rings. The molecule has 1 aliphatic carbocycles. The van der Waals surface area contributed by atoms with Crippen LogP contribution in [0.3, 0.4) is 0 Å². The summed E-state index contributed by atoms with van der Waals surface area (Å²) in [6.07, 6.45) is 5.61. The number of carbonyl (C=O) groups is 2. The molecular weight excluding hydrogens is 356 g/mol. The van der Waals surface area contributed by atoms with Gasteiger partial charge in [-0.25, -0.2) is 0 Å². The summed E-state index contributed by atoms with van der Waals surface area (Å²) in [6.45, 7) is 1.44. The number of nitrogens with zero attached hydrogens (tertiary/aromatic N) is 4. The maximum atomic E-state index is 12.1. The van der Waals surface area contributed by atoms with Crippen LogP contribution in [0.15, 0.2) is 18.2 Å². The predicted molar refractivity (Wildman–Crippen MR) is 97.6 cm³/mol. The summed E-state index contributed by atoms with van der Waals surface area (Å²) >= 11 is 6.16. The largest absolute Gasteiger partial charge is 0.352 e. The van der Waals surface area contributed by atoms with Gasteiger partial charge in [0, 0.05) is 18.5 Å². The quantitative estimate of drug-likeness (QED) is 0.834. The molecule has 0 aliphatic heterocycles. The molecule has 1 aliphatic rings. The van der Waals surface area contributed by atoms with E-state index in [-0.39, 0.29) is 24.4 Å². The normalized spacial score (nSPS) is 14.8. The molecule has 0 bridgehead atoms. The highest BCUT2D eigenvalue weighted by atomic mass is 35.5. The van der Waals surface area contributed by atoms with E-state index in [0.29, 0.717) is 22.1 Å². The predicted octanol–water partition coefficient (Wildman–Crippen LogP) is 2.40. The molecule has 0 saturated heterocycles. The molecule has 2 amide bonds. The zero-order chi connectivity index (χ0) is 18.5. The number of hydrogen-bond donors (Lipinski definition) is 2. The van der Waals surface area contributed by atoms with Crippen molar-refractivity contribution in [1.82, 2.24) is 25.5 Å². The fraction of sp³-hybridized carbons (Fsp3) is 0.471. The minimum atomic E-state index is -0.201. The Kier molecular flexibility index (Phi) is 5.82. The van der Waals surface area contributed by atoms with Gasteiger partial charge in [0.1, 0.15) is 6.54 Å². The zero-order valence-electron chi connectivity index (χ0n) is 14.5. The van der Waals surface area contributed by atoms with E-state index >= 15 is 0 Å². The van der Waals surface area contributed by atoms with Crippen LogP contribution in [0.4, 0.5) is 5.69 Å². The Balaban J connectivity index is 1.63. The van der Waals surface area contributed by atoms with E-state index in [2.05, 4.69) is 26.0 Å². The second kappa shape index (κ2) is 8.27. The topological polar surface area (TPSA) is 102 Å². The monoisotopic (exact) mass is 376 g/mol. The number of rotatable bonds is 5. The average molecular weight is 377 g/mol. The third kappa shape index (κ3) is 4.78. The van der Waals surface area contributed by atoms with Crippen molar-refractivity contribution in [3.05, 3.63) is 23.2 Å². The highest BCUT2D eigenvalue weighted by Gasteiger charge is 2.17. The first-order valence-electron chi connectivity index (χ1n) is 8.66. The first-order chi connectivity index (χ1) is 12.5. The average Bonchev–Trinajstić information content (AvgIpc) is 3.05. The molecule has 0 unspecified atom stereocenters. The van der Waals surface area contributed by atoms with Gasteiger partial charge in [-0.3, -0.25) is 9.59 Å². The van der Waals surface area contributed by atoms with Gasteiger partial charge in [0.15, 0.2) is 0 Å². The van der Waals surface area contributed by atoms with Crippen molar-refractivity contribution in [3.63, 3.8) is 0 Å². The lowest BCUT2D eigenvalue weighted by Gasteiger charge is -2.22. The molecule has 0 radical (unpaired) electrons. The molecule has 1 aromatic carbocycles. The maximum absolute atomic E-state index is 12.1. The smallest absolute Gasteiger partial charge is 0.243 e. The number of tetrazole rings is 1. The van der Waals surface area contributed by atoms with Gasteiger partial charge >= 0.3 is 0 Å². The molecule has 138 valence electrons. The van der Waals surface area contributed by atoms with Crippen LogP contribution in [0, 0.1) is 0 Å². The number of anilines is 1. The van der Waals surface area contributed by atoms with Gasteiger partial charge in [-0.05, 0) is 36.3 Å². The standard InChI is InChI=1S/C17H21ClN6O2/c1-11(25)19-15-8-7-12(9-14(15)18)17-21-23-24(22-17)10-16(26)20-13-5-3-2-4-6-13/h7-9,13H,2-6,10H2,1H3,(H,19,25)(H,20,26). The molecule has 2 aromatic rings. The van der Waals surface area contributed by atoms with E-state index in [4.69, 9.17) is 11.6 Å². The summed E-state index contributed by atoms with van der Waals surface area (Å²) in [5.74, 6) is 0.0549. The minimum absolute atomic E-state index is 0.0290. The molecule has 1 aromatic heterocycles. The van der Waals surface area contributed by atoms with Gasteiger partial charge in [-0.2, -0.15) is 4.80 Å². The number of benzene rings is 1. The van der Waals surface area contributed by atoms with Gasteiger partial charge in [0.05, 0.1) is 10.7 Å². The summed E-state index contributed by atoms with van der Waals surface area (Å²) < 4.78 is 0. The summed E-state index contributed by atoms with van der Waals surface area (Å²) in [4.78, 5) is 24.5. The first kappa shape index (κ1) is 18.3. The van der Waals surface area contributed by atoms with E-state index in [1.165, 1.54) is 18.1 Å². The van der Waals surface area contributed by atoms with Crippen LogP contribution in [-0.2, 0) is 16.1 Å². The molecule has 3 rings (SSSR count). The van der Waals surface area contributed by atoms with E-state index in [1.807, 2.05) is 0 Å². The van der Waals surface area contributed by atoms with Crippen molar-refractivity contribution in [2.24, 2.45) is 0 Å². The molecule has 0 atom stereocenters. The van der Waals surface area contributed by atoms with Crippen LogP contribution < -0.4 is 10.6 Å². The minimum Gasteiger partial charge on any atom is -0.352 e. The summed E-state index contributed by atoms with van der Waals surface area (Å²) in [6, 6.07) is 5.31. The van der Waals surface area contributed by atoms with Gasteiger partial charge in [-0.1, -0.05) is 30.9 Å². The second-order valence-electron chi connectivity index (χ2n) is 6.42. The van der Waals surface area contributed by atoms with E-state index in [9.17, 15) is 9.59 Å². The van der Waals surface area contributed by atoms with Gasteiger partial charge in [-0.15, -0.1) is 10.2 Å².